The molecule has 0 rings (SSSR count). The minimum Gasteiger partial charge on any atom is -0.434 e. The fraction of sp³-hybridized carbons (Fsp3) is 0.968. The molecule has 3 heteroatoms. The number of rotatable bonds is 28. The zero-order chi connectivity index (χ0) is 24.8. The molecule has 3 nitrogen and oxygen atoms in total. The van der Waals surface area contributed by atoms with Gasteiger partial charge in [-0.2, -0.15) is 0 Å². The van der Waals surface area contributed by atoms with Gasteiger partial charge in [0.2, 0.25) is 0 Å². The van der Waals surface area contributed by atoms with Gasteiger partial charge in [-0.1, -0.05) is 168 Å². The van der Waals surface area contributed by atoms with Crippen LogP contribution in [0.1, 0.15) is 181 Å². The van der Waals surface area contributed by atoms with E-state index < -0.39 is 6.16 Å². The molecule has 204 valence electrons. The summed E-state index contributed by atoms with van der Waals surface area (Å²) in [4.78, 5) is 11.4. The van der Waals surface area contributed by atoms with Crippen LogP contribution < -0.4 is 0 Å². The Bertz CT molecular complexity index is 383. The average molecular weight is 483 g/mol. The molecule has 0 fully saturated rings. The van der Waals surface area contributed by atoms with E-state index in [1.165, 1.54) is 141 Å². The molecule has 0 aromatic heterocycles. The van der Waals surface area contributed by atoms with Crippen LogP contribution in [0.4, 0.5) is 4.79 Å². The maximum absolute atomic E-state index is 11.4. The molecule has 0 spiro atoms. The fourth-order valence-electron chi connectivity index (χ4n) is 4.59. The predicted molar refractivity (Wildman–Crippen MR) is 149 cm³/mol. The van der Waals surface area contributed by atoms with Crippen LogP contribution in [0.5, 0.6) is 0 Å². The number of hydrogen-bond donors (Lipinski definition) is 0. The van der Waals surface area contributed by atoms with Gasteiger partial charge in [-0.25, -0.2) is 4.79 Å². The normalized spacial score (nSPS) is 11.1. The lowest BCUT2D eigenvalue weighted by atomic mass is 10.0. The lowest BCUT2D eigenvalue weighted by Gasteiger charge is -2.06. The van der Waals surface area contributed by atoms with E-state index in [9.17, 15) is 4.79 Å². The maximum atomic E-state index is 11.4. The zero-order valence-electron chi connectivity index (χ0n) is 23.5. The maximum Gasteiger partial charge on any atom is 0.508 e. The van der Waals surface area contributed by atoms with Crippen molar-refractivity contribution in [3.05, 3.63) is 0 Å². The number of unbranched alkanes of at least 4 members (excludes halogenated alkanes) is 24. The van der Waals surface area contributed by atoms with Gasteiger partial charge in [0, 0.05) is 0 Å². The third-order valence-electron chi connectivity index (χ3n) is 6.94. The van der Waals surface area contributed by atoms with Gasteiger partial charge in [0.25, 0.3) is 0 Å². The Balaban J connectivity index is 3.08. The molecule has 0 saturated carbocycles. The van der Waals surface area contributed by atoms with E-state index in [1.807, 2.05) is 0 Å². The number of carbonyl (C=O) groups is 1. The summed E-state index contributed by atoms with van der Waals surface area (Å²) in [5.41, 5.74) is 0. The van der Waals surface area contributed by atoms with Crippen molar-refractivity contribution < 1.29 is 14.3 Å². The zero-order valence-corrected chi connectivity index (χ0v) is 23.5. The van der Waals surface area contributed by atoms with Gasteiger partial charge in [-0.05, 0) is 12.8 Å². The molecule has 0 aromatic rings. The summed E-state index contributed by atoms with van der Waals surface area (Å²) in [7, 11) is 0. The van der Waals surface area contributed by atoms with E-state index in [4.69, 9.17) is 9.47 Å². The Morgan fingerprint density at radius 3 is 0.824 bits per heavy atom. The molecule has 0 aliphatic heterocycles. The largest absolute Gasteiger partial charge is 0.508 e. The summed E-state index contributed by atoms with van der Waals surface area (Å²) in [5, 5.41) is 0. The quantitative estimate of drug-likeness (QED) is 0.0821. The molecule has 0 aliphatic rings. The highest BCUT2D eigenvalue weighted by Crippen LogP contribution is 2.15. The fourth-order valence-corrected chi connectivity index (χ4v) is 4.59. The Morgan fingerprint density at radius 1 is 0.353 bits per heavy atom. The third kappa shape index (κ3) is 29.3. The van der Waals surface area contributed by atoms with Crippen LogP contribution in [-0.2, 0) is 9.47 Å². The monoisotopic (exact) mass is 482 g/mol. The van der Waals surface area contributed by atoms with Crippen molar-refractivity contribution in [1.82, 2.24) is 0 Å². The van der Waals surface area contributed by atoms with Crippen molar-refractivity contribution >= 4 is 6.16 Å². The van der Waals surface area contributed by atoms with E-state index in [2.05, 4.69) is 13.8 Å². The van der Waals surface area contributed by atoms with E-state index in [-0.39, 0.29) is 0 Å². The Labute approximate surface area is 214 Å². The van der Waals surface area contributed by atoms with Crippen LogP contribution in [-0.4, -0.2) is 19.4 Å². The first-order valence-corrected chi connectivity index (χ1v) is 15.6. The molecule has 0 bridgehead atoms. The van der Waals surface area contributed by atoms with Gasteiger partial charge >= 0.3 is 6.16 Å². The molecular weight excluding hydrogens is 420 g/mol. The third-order valence-corrected chi connectivity index (χ3v) is 6.94. The van der Waals surface area contributed by atoms with E-state index in [1.54, 1.807) is 0 Å². The van der Waals surface area contributed by atoms with E-state index >= 15 is 0 Å². The lowest BCUT2D eigenvalue weighted by molar-refractivity contribution is 0.0529. The molecular formula is C31H62O3. The predicted octanol–water partition coefficient (Wildman–Crippen LogP) is 11.3. The summed E-state index contributed by atoms with van der Waals surface area (Å²) < 4.78 is 10.2. The van der Waals surface area contributed by atoms with Gasteiger partial charge in [-0.15, -0.1) is 0 Å². The van der Waals surface area contributed by atoms with Crippen molar-refractivity contribution in [2.75, 3.05) is 13.2 Å². The van der Waals surface area contributed by atoms with Crippen molar-refractivity contribution in [1.29, 1.82) is 0 Å². The van der Waals surface area contributed by atoms with E-state index in [0.717, 1.165) is 25.7 Å². The summed E-state index contributed by atoms with van der Waals surface area (Å²) >= 11 is 0. The average Bonchev–Trinajstić information content (AvgIpc) is 2.84. The molecule has 0 unspecified atom stereocenters. The van der Waals surface area contributed by atoms with Crippen molar-refractivity contribution in [2.24, 2.45) is 0 Å². The van der Waals surface area contributed by atoms with Gasteiger partial charge in [-0.3, -0.25) is 0 Å². The molecule has 0 aliphatic carbocycles. The lowest BCUT2D eigenvalue weighted by Crippen LogP contribution is -2.09. The van der Waals surface area contributed by atoms with Crippen LogP contribution in [0.25, 0.3) is 0 Å². The molecule has 0 aromatic carbocycles. The van der Waals surface area contributed by atoms with Crippen molar-refractivity contribution in [3.63, 3.8) is 0 Å². The molecule has 0 radical (unpaired) electrons. The molecule has 0 N–H and O–H groups in total. The molecule has 0 heterocycles. The van der Waals surface area contributed by atoms with Crippen molar-refractivity contribution in [3.8, 4) is 0 Å². The van der Waals surface area contributed by atoms with Crippen molar-refractivity contribution in [2.45, 2.75) is 181 Å². The summed E-state index contributed by atoms with van der Waals surface area (Å²) in [6.45, 7) is 5.48. The Kier molecular flexibility index (Phi) is 29.7. The number of hydrogen-bond acceptors (Lipinski definition) is 3. The molecule has 0 saturated heterocycles. The minimum atomic E-state index is -0.486. The van der Waals surface area contributed by atoms with Crippen LogP contribution in [0.15, 0.2) is 0 Å². The SMILES string of the molecule is CCCCCCCCCCCCCCCCCCCCCCCCOC(=O)OCCCCCC. The van der Waals surface area contributed by atoms with Gasteiger partial charge in [0.1, 0.15) is 0 Å². The molecule has 34 heavy (non-hydrogen) atoms. The van der Waals surface area contributed by atoms with Crippen LogP contribution in [0.2, 0.25) is 0 Å². The van der Waals surface area contributed by atoms with Gasteiger partial charge in [0.05, 0.1) is 13.2 Å². The summed E-state index contributed by atoms with van der Waals surface area (Å²) in [6, 6.07) is 0. The minimum absolute atomic E-state index is 0.486. The second kappa shape index (κ2) is 30.3. The number of ether oxygens (including phenoxy) is 2. The topological polar surface area (TPSA) is 35.5 Å². The van der Waals surface area contributed by atoms with Crippen LogP contribution in [0, 0.1) is 0 Å². The highest BCUT2D eigenvalue weighted by atomic mass is 16.7. The van der Waals surface area contributed by atoms with Gasteiger partial charge in [0.15, 0.2) is 0 Å². The standard InChI is InChI=1S/C31H62O3/c1-3-5-7-9-10-11-12-13-14-15-16-17-18-19-20-21-22-23-24-25-26-28-30-34-31(32)33-29-27-8-6-4-2/h3-30H2,1-2H3. The second-order valence-corrected chi connectivity index (χ2v) is 10.4. The molecule has 0 atom stereocenters. The first-order chi connectivity index (χ1) is 16.8. The first kappa shape index (κ1) is 33.3. The highest BCUT2D eigenvalue weighted by Gasteiger charge is 2.03. The second-order valence-electron chi connectivity index (χ2n) is 10.4. The smallest absolute Gasteiger partial charge is 0.434 e. The summed E-state index contributed by atoms with van der Waals surface area (Å²) in [6.07, 6.45) is 34.5. The Hall–Kier alpha value is -0.730. The first-order valence-electron chi connectivity index (χ1n) is 15.6. The highest BCUT2D eigenvalue weighted by molar-refractivity contribution is 5.59. The summed E-state index contributed by atoms with van der Waals surface area (Å²) in [5.74, 6) is 0. The molecule has 0 amide bonds. The van der Waals surface area contributed by atoms with E-state index in [0.29, 0.717) is 13.2 Å². The number of carbonyl (C=O) groups excluding carboxylic acids is 1. The van der Waals surface area contributed by atoms with Crippen LogP contribution >= 0.6 is 0 Å². The van der Waals surface area contributed by atoms with Crippen LogP contribution in [0.3, 0.4) is 0 Å². The van der Waals surface area contributed by atoms with Gasteiger partial charge < -0.3 is 9.47 Å². The Morgan fingerprint density at radius 2 is 0.559 bits per heavy atom.